The van der Waals surface area contributed by atoms with E-state index in [-0.39, 0.29) is 5.24 Å². The van der Waals surface area contributed by atoms with Gasteiger partial charge < -0.3 is 4.90 Å². The highest BCUT2D eigenvalue weighted by Crippen LogP contribution is 2.22. The molecular weight excluding hydrogens is 122 g/mol. The van der Waals surface area contributed by atoms with Crippen molar-refractivity contribution in [3.05, 3.63) is 0 Å². The minimum Gasteiger partial charge on any atom is -0.336 e. The van der Waals surface area contributed by atoms with Gasteiger partial charge in [0.2, 0.25) is 0 Å². The number of carbonyl (C=O) groups excluding carboxylic acids is 1. The van der Waals surface area contributed by atoms with Crippen LogP contribution in [0.1, 0.15) is 6.92 Å². The Morgan fingerprint density at radius 3 is 2.62 bits per heavy atom. The molecule has 0 aliphatic carbocycles. The highest BCUT2D eigenvalue weighted by atomic mass is 32.2. The summed E-state index contributed by atoms with van der Waals surface area (Å²) in [5.74, 6) is 0. The van der Waals surface area contributed by atoms with Crippen molar-refractivity contribution in [1.82, 2.24) is 4.90 Å². The molecule has 1 aliphatic heterocycles. The Labute approximate surface area is 53.2 Å². The van der Waals surface area contributed by atoms with E-state index in [1.165, 1.54) is 11.8 Å². The third kappa shape index (κ3) is 0.968. The van der Waals surface area contributed by atoms with E-state index in [4.69, 9.17) is 0 Å². The molecule has 0 aromatic carbocycles. The quantitative estimate of drug-likeness (QED) is 0.492. The van der Waals surface area contributed by atoms with Gasteiger partial charge in [-0.3, -0.25) is 4.79 Å². The minimum absolute atomic E-state index is 0.206. The Bertz CT molecular complexity index is 115. The summed E-state index contributed by atoms with van der Waals surface area (Å²) < 4.78 is 0. The van der Waals surface area contributed by atoms with Gasteiger partial charge in [-0.15, -0.1) is 0 Å². The van der Waals surface area contributed by atoms with E-state index in [1.807, 2.05) is 7.05 Å². The van der Waals surface area contributed by atoms with E-state index in [0.717, 1.165) is 6.54 Å². The second kappa shape index (κ2) is 1.97. The summed E-state index contributed by atoms with van der Waals surface area (Å²) >= 11 is 1.42. The second-order valence-electron chi connectivity index (χ2n) is 2.07. The van der Waals surface area contributed by atoms with Gasteiger partial charge in [0.25, 0.3) is 5.24 Å². The van der Waals surface area contributed by atoms with E-state index in [2.05, 4.69) is 6.92 Å². The topological polar surface area (TPSA) is 20.3 Å². The van der Waals surface area contributed by atoms with Crippen LogP contribution in [-0.4, -0.2) is 29.0 Å². The fourth-order valence-electron chi connectivity index (χ4n) is 0.760. The van der Waals surface area contributed by atoms with Gasteiger partial charge in [0, 0.05) is 18.8 Å². The molecule has 1 rings (SSSR count). The van der Waals surface area contributed by atoms with E-state index in [0.29, 0.717) is 5.25 Å². The first-order chi connectivity index (χ1) is 3.70. The number of carbonyl (C=O) groups is 1. The summed E-state index contributed by atoms with van der Waals surface area (Å²) in [4.78, 5) is 12.4. The predicted octanol–water partition coefficient (Wildman–Crippen LogP) is 1.17. The first-order valence-electron chi connectivity index (χ1n) is 2.62. The second-order valence-corrected chi connectivity index (χ2v) is 3.46. The van der Waals surface area contributed by atoms with Crippen LogP contribution in [0.2, 0.25) is 0 Å². The average Bonchev–Trinajstić information content (AvgIpc) is 1.85. The molecule has 0 N–H and O–H groups in total. The molecule has 0 spiro atoms. The number of hydrogen-bond donors (Lipinski definition) is 0. The van der Waals surface area contributed by atoms with Crippen LogP contribution < -0.4 is 0 Å². The van der Waals surface area contributed by atoms with Gasteiger partial charge in [0.05, 0.1) is 0 Å². The maximum Gasteiger partial charge on any atom is 0.281 e. The molecule has 0 bridgehead atoms. The molecule has 2 nitrogen and oxygen atoms in total. The van der Waals surface area contributed by atoms with Gasteiger partial charge in [0.15, 0.2) is 0 Å². The summed E-state index contributed by atoms with van der Waals surface area (Å²) in [5.41, 5.74) is 0. The minimum atomic E-state index is 0.206. The van der Waals surface area contributed by atoms with Crippen molar-refractivity contribution in [3.8, 4) is 0 Å². The molecule has 46 valence electrons. The van der Waals surface area contributed by atoms with Crippen molar-refractivity contribution in [2.24, 2.45) is 0 Å². The van der Waals surface area contributed by atoms with Crippen molar-refractivity contribution in [3.63, 3.8) is 0 Å². The van der Waals surface area contributed by atoms with Gasteiger partial charge in [-0.05, 0) is 0 Å². The van der Waals surface area contributed by atoms with E-state index in [1.54, 1.807) is 4.90 Å². The van der Waals surface area contributed by atoms with Crippen molar-refractivity contribution in [1.29, 1.82) is 0 Å². The molecule has 1 fully saturated rings. The first-order valence-corrected chi connectivity index (χ1v) is 3.50. The standard InChI is InChI=1S/C5H9NOS/c1-4-3-6(2)5(7)8-4/h4H,3H2,1-2H3. The normalized spacial score (nSPS) is 29.5. The maximum atomic E-state index is 10.7. The molecule has 0 saturated carbocycles. The summed E-state index contributed by atoms with van der Waals surface area (Å²) in [5, 5.41) is 0.699. The van der Waals surface area contributed by atoms with Crippen LogP contribution in [0.15, 0.2) is 0 Å². The molecule has 1 unspecified atom stereocenters. The lowest BCUT2D eigenvalue weighted by atomic mass is 10.4. The molecule has 1 saturated heterocycles. The van der Waals surface area contributed by atoms with Crippen molar-refractivity contribution < 1.29 is 4.79 Å². The molecule has 1 amide bonds. The van der Waals surface area contributed by atoms with Crippen LogP contribution in [0.4, 0.5) is 4.79 Å². The van der Waals surface area contributed by atoms with Crippen LogP contribution in [0, 0.1) is 0 Å². The largest absolute Gasteiger partial charge is 0.336 e. The number of nitrogens with zero attached hydrogens (tertiary/aromatic N) is 1. The number of hydrogen-bond acceptors (Lipinski definition) is 2. The summed E-state index contributed by atoms with van der Waals surface area (Å²) in [6.45, 7) is 2.97. The SMILES string of the molecule is CC1CN(C)C(=O)S1. The van der Waals surface area contributed by atoms with Gasteiger partial charge in [-0.1, -0.05) is 18.7 Å². The van der Waals surface area contributed by atoms with Gasteiger partial charge in [0.1, 0.15) is 0 Å². The zero-order valence-corrected chi connectivity index (χ0v) is 5.86. The average molecular weight is 131 g/mol. The van der Waals surface area contributed by atoms with Crippen LogP contribution in [0.3, 0.4) is 0 Å². The number of thioether (sulfide) groups is 1. The molecule has 0 aromatic heterocycles. The Morgan fingerprint density at radius 2 is 2.50 bits per heavy atom. The van der Waals surface area contributed by atoms with Gasteiger partial charge in [-0.2, -0.15) is 0 Å². The number of rotatable bonds is 0. The lowest BCUT2D eigenvalue weighted by Gasteiger charge is -2.03. The molecular formula is C5H9NOS. The lowest BCUT2D eigenvalue weighted by molar-refractivity contribution is 0.238. The summed E-state index contributed by atoms with van der Waals surface area (Å²) in [7, 11) is 1.83. The zero-order chi connectivity index (χ0) is 6.15. The van der Waals surface area contributed by atoms with Gasteiger partial charge >= 0.3 is 0 Å². The fourth-order valence-corrected chi connectivity index (χ4v) is 1.66. The highest BCUT2D eigenvalue weighted by molar-refractivity contribution is 8.14. The van der Waals surface area contributed by atoms with Crippen LogP contribution in [0.5, 0.6) is 0 Å². The molecule has 0 aromatic rings. The molecule has 8 heavy (non-hydrogen) atoms. The Morgan fingerprint density at radius 1 is 1.88 bits per heavy atom. The Hall–Kier alpha value is -0.180. The maximum absolute atomic E-state index is 10.7. The monoisotopic (exact) mass is 131 g/mol. The third-order valence-corrected chi connectivity index (χ3v) is 2.21. The summed E-state index contributed by atoms with van der Waals surface area (Å²) in [6, 6.07) is 0. The van der Waals surface area contributed by atoms with E-state index in [9.17, 15) is 4.79 Å². The summed E-state index contributed by atoms with van der Waals surface area (Å²) in [6.07, 6.45) is 0. The Balaban J connectivity index is 2.51. The molecule has 1 aliphatic rings. The first kappa shape index (κ1) is 5.95. The van der Waals surface area contributed by atoms with E-state index < -0.39 is 0 Å². The fraction of sp³-hybridized carbons (Fsp3) is 0.800. The predicted molar refractivity (Wildman–Crippen MR) is 35.1 cm³/mol. The lowest BCUT2D eigenvalue weighted by Crippen LogP contribution is -2.17. The Kier molecular flexibility index (Phi) is 1.47. The molecule has 0 radical (unpaired) electrons. The number of amides is 1. The molecule has 1 atom stereocenters. The molecule has 3 heteroatoms. The van der Waals surface area contributed by atoms with Crippen molar-refractivity contribution >= 4 is 17.0 Å². The van der Waals surface area contributed by atoms with Crippen molar-refractivity contribution in [2.45, 2.75) is 12.2 Å². The van der Waals surface area contributed by atoms with Crippen LogP contribution in [0.25, 0.3) is 0 Å². The zero-order valence-electron chi connectivity index (χ0n) is 5.05. The van der Waals surface area contributed by atoms with Crippen LogP contribution >= 0.6 is 11.8 Å². The van der Waals surface area contributed by atoms with E-state index >= 15 is 0 Å². The smallest absolute Gasteiger partial charge is 0.281 e. The molecule has 1 heterocycles. The highest BCUT2D eigenvalue weighted by Gasteiger charge is 2.23. The van der Waals surface area contributed by atoms with Crippen molar-refractivity contribution in [2.75, 3.05) is 13.6 Å². The van der Waals surface area contributed by atoms with Crippen LogP contribution in [-0.2, 0) is 0 Å². The third-order valence-electron chi connectivity index (χ3n) is 1.14. The van der Waals surface area contributed by atoms with Gasteiger partial charge in [-0.25, -0.2) is 0 Å².